The van der Waals surface area contributed by atoms with E-state index in [4.69, 9.17) is 14.2 Å². The van der Waals surface area contributed by atoms with Crippen LogP contribution in [0.15, 0.2) is 23.2 Å². The van der Waals surface area contributed by atoms with Crippen LogP contribution in [-0.2, 0) is 20.7 Å². The molecule has 2 aromatic rings. The quantitative estimate of drug-likeness (QED) is 0.213. The number of fused-ring (bicyclic) bond motifs is 3. The minimum atomic E-state index is -2.25. The van der Waals surface area contributed by atoms with Gasteiger partial charge in [-0.25, -0.2) is 0 Å². The zero-order valence-electron chi connectivity index (χ0n) is 21.8. The third-order valence-corrected chi connectivity index (χ3v) is 7.96. The van der Waals surface area contributed by atoms with Crippen LogP contribution < -0.4 is 4.74 Å². The Morgan fingerprint density at radius 3 is 2.52 bits per heavy atom. The fourth-order valence-electron chi connectivity index (χ4n) is 5.87. The fourth-order valence-corrected chi connectivity index (χ4v) is 5.87. The number of hydrogen-bond donors (Lipinski definition) is 5. The van der Waals surface area contributed by atoms with E-state index in [0.29, 0.717) is 0 Å². The van der Waals surface area contributed by atoms with Crippen molar-refractivity contribution < 1.29 is 54.1 Å². The largest absolute Gasteiger partial charge is 0.507 e. The zero-order valence-corrected chi connectivity index (χ0v) is 21.8. The second kappa shape index (κ2) is 10.1. The van der Waals surface area contributed by atoms with E-state index in [2.05, 4.69) is 11.7 Å². The van der Waals surface area contributed by atoms with Gasteiger partial charge in [0.15, 0.2) is 17.9 Å². The van der Waals surface area contributed by atoms with Gasteiger partial charge < -0.3 is 39.7 Å². The number of ether oxygens (including phenoxy) is 3. The average molecular weight is 556 g/mol. The lowest BCUT2D eigenvalue weighted by Crippen LogP contribution is -2.50. The molecule has 12 nitrogen and oxygen atoms in total. The molecule has 0 saturated carbocycles. The van der Waals surface area contributed by atoms with E-state index in [-0.39, 0.29) is 34.4 Å². The normalized spacial score (nSPS) is 29.3. The number of ketones is 3. The van der Waals surface area contributed by atoms with Crippen molar-refractivity contribution in [2.75, 3.05) is 13.7 Å². The van der Waals surface area contributed by atoms with Gasteiger partial charge in [0.25, 0.3) is 0 Å². The number of carbonyl (C=O) groups is 3. The predicted octanol–water partition coefficient (Wildman–Crippen LogP) is 0.743. The molecule has 212 valence electrons. The summed E-state index contributed by atoms with van der Waals surface area (Å²) in [6.45, 7) is 4.05. The van der Waals surface area contributed by atoms with Crippen molar-refractivity contribution in [1.29, 1.82) is 0 Å². The minimum Gasteiger partial charge on any atom is -0.507 e. The number of methoxy groups -OCH3 is 1. The molecular weight excluding hydrogens is 526 g/mol. The standard InChI is InChI=1S/C28H29NO11/c1-11-23(32)14(29-2)7-18(39-11)40-16-9-28(37,17(31)10-30)8-13-20(16)27(36)22-21(25(13)34)24(33)12-5-4-6-15(38-3)19(12)26(22)35/h4-6,11,14,16,18,23,30,32,34,36-37H,2,7-10H2,1,3H3/t11?,14?,16-,18?,23?,28-/m0/s1. The third-order valence-electron chi connectivity index (χ3n) is 7.96. The third kappa shape index (κ3) is 4.11. The van der Waals surface area contributed by atoms with Crippen LogP contribution in [-0.4, -0.2) is 93.5 Å². The number of hydrogen-bond acceptors (Lipinski definition) is 12. The lowest BCUT2D eigenvalue weighted by Gasteiger charge is -2.42. The number of nitrogens with zero attached hydrogens (tertiary/aromatic N) is 1. The summed E-state index contributed by atoms with van der Waals surface area (Å²) < 4.78 is 17.1. The highest BCUT2D eigenvalue weighted by Gasteiger charge is 2.50. The number of Topliss-reactive ketones (excluding diaryl/α,β-unsaturated/α-hetero) is 1. The molecule has 5 rings (SSSR count). The molecule has 1 fully saturated rings. The number of carbonyl (C=O) groups excluding carboxylic acids is 3. The van der Waals surface area contributed by atoms with Gasteiger partial charge in [0.05, 0.1) is 42.0 Å². The Morgan fingerprint density at radius 2 is 1.88 bits per heavy atom. The van der Waals surface area contributed by atoms with Crippen LogP contribution in [0.3, 0.4) is 0 Å². The molecule has 5 N–H and O–H groups in total. The Kier molecular flexibility index (Phi) is 7.01. The number of phenols is 2. The Balaban J connectivity index is 1.68. The van der Waals surface area contributed by atoms with E-state index in [1.165, 1.54) is 25.3 Å². The van der Waals surface area contributed by atoms with E-state index in [9.17, 15) is 39.9 Å². The van der Waals surface area contributed by atoms with E-state index >= 15 is 0 Å². The van der Waals surface area contributed by atoms with Crippen molar-refractivity contribution in [1.82, 2.24) is 0 Å². The molecule has 12 heteroatoms. The molecule has 1 heterocycles. The molecule has 0 amide bonds. The number of aliphatic imine (C=N–C) groups is 1. The summed E-state index contributed by atoms with van der Waals surface area (Å²) in [5.41, 5.74) is -3.64. The summed E-state index contributed by atoms with van der Waals surface area (Å²) in [5, 5.41) is 54.0. The van der Waals surface area contributed by atoms with Crippen LogP contribution in [0.4, 0.5) is 0 Å². The maximum Gasteiger partial charge on any atom is 0.202 e. The van der Waals surface area contributed by atoms with E-state index in [1.807, 2.05) is 0 Å². The van der Waals surface area contributed by atoms with Gasteiger partial charge in [0.2, 0.25) is 5.78 Å². The van der Waals surface area contributed by atoms with Crippen LogP contribution >= 0.6 is 0 Å². The molecule has 0 spiro atoms. The molecule has 3 aliphatic rings. The first kappa shape index (κ1) is 27.9. The molecule has 0 bridgehead atoms. The Hall–Kier alpha value is -3.68. The van der Waals surface area contributed by atoms with Crippen LogP contribution in [0, 0.1) is 0 Å². The van der Waals surface area contributed by atoms with Crippen molar-refractivity contribution in [2.45, 2.75) is 62.4 Å². The minimum absolute atomic E-state index is 0.0346. The van der Waals surface area contributed by atoms with Crippen LogP contribution in [0.1, 0.15) is 68.8 Å². The smallest absolute Gasteiger partial charge is 0.202 e. The van der Waals surface area contributed by atoms with E-state index in [0.717, 1.165) is 0 Å². The van der Waals surface area contributed by atoms with Crippen LogP contribution in [0.25, 0.3) is 0 Å². The summed E-state index contributed by atoms with van der Waals surface area (Å²) in [5.74, 6) is -3.78. The number of phenolic OH excluding ortho intramolecular Hbond substituents is 2. The number of rotatable bonds is 6. The second-order valence-corrected chi connectivity index (χ2v) is 10.2. The summed E-state index contributed by atoms with van der Waals surface area (Å²) in [7, 11) is 1.32. The maximum absolute atomic E-state index is 13.7. The Labute approximate surface area is 228 Å². The van der Waals surface area contributed by atoms with E-state index in [1.54, 1.807) is 6.92 Å². The first-order valence-corrected chi connectivity index (χ1v) is 12.7. The fraction of sp³-hybridized carbons (Fsp3) is 0.429. The molecule has 0 radical (unpaired) electrons. The molecule has 2 aliphatic carbocycles. The van der Waals surface area contributed by atoms with Crippen LogP contribution in [0.2, 0.25) is 0 Å². The number of aromatic hydroxyl groups is 2. The molecule has 40 heavy (non-hydrogen) atoms. The topological polar surface area (TPSA) is 192 Å². The Morgan fingerprint density at radius 1 is 1.18 bits per heavy atom. The van der Waals surface area contributed by atoms with Gasteiger partial charge in [0.1, 0.15) is 35.6 Å². The van der Waals surface area contributed by atoms with Gasteiger partial charge in [-0.05, 0) is 19.7 Å². The van der Waals surface area contributed by atoms with Gasteiger partial charge in [-0.1, -0.05) is 12.1 Å². The molecule has 1 aliphatic heterocycles. The van der Waals surface area contributed by atoms with Crippen molar-refractivity contribution in [3.63, 3.8) is 0 Å². The first-order valence-electron chi connectivity index (χ1n) is 12.7. The molecule has 6 atom stereocenters. The van der Waals surface area contributed by atoms with Gasteiger partial charge in [-0.2, -0.15) is 0 Å². The highest BCUT2D eigenvalue weighted by Crippen LogP contribution is 2.52. The maximum atomic E-state index is 13.7. The van der Waals surface area contributed by atoms with Crippen molar-refractivity contribution in [3.05, 3.63) is 51.6 Å². The monoisotopic (exact) mass is 555 g/mol. The summed E-state index contributed by atoms with van der Waals surface area (Å²) >= 11 is 0. The lowest BCUT2D eigenvalue weighted by molar-refractivity contribution is -0.247. The highest BCUT2D eigenvalue weighted by atomic mass is 16.7. The van der Waals surface area contributed by atoms with Crippen molar-refractivity contribution in [2.24, 2.45) is 4.99 Å². The highest BCUT2D eigenvalue weighted by molar-refractivity contribution is 6.31. The molecule has 2 aromatic carbocycles. The summed E-state index contributed by atoms with van der Waals surface area (Å²) in [6, 6.07) is 3.70. The van der Waals surface area contributed by atoms with E-state index < -0.39 is 95.7 Å². The summed E-state index contributed by atoms with van der Waals surface area (Å²) in [6.07, 6.45) is -5.12. The average Bonchev–Trinajstić information content (AvgIpc) is 2.94. The number of aliphatic hydroxyl groups excluding tert-OH is 2. The zero-order chi connectivity index (χ0) is 29.1. The predicted molar refractivity (Wildman–Crippen MR) is 137 cm³/mol. The van der Waals surface area contributed by atoms with Gasteiger partial charge in [0, 0.05) is 36.0 Å². The molecule has 1 saturated heterocycles. The summed E-state index contributed by atoms with van der Waals surface area (Å²) in [4.78, 5) is 43.8. The lowest BCUT2D eigenvalue weighted by atomic mass is 9.72. The van der Waals surface area contributed by atoms with Gasteiger partial charge >= 0.3 is 0 Å². The molecule has 4 unspecified atom stereocenters. The second-order valence-electron chi connectivity index (χ2n) is 10.2. The Bertz CT molecular complexity index is 1440. The van der Waals surface area contributed by atoms with Gasteiger partial charge in [-0.15, -0.1) is 0 Å². The SMILES string of the molecule is C=NC1CC(O[C@H]2C[C@](O)(C(=O)CO)Cc3c(O)c4c(c(O)c32)C(=O)c2c(OC)cccc2C4=O)OC(C)C1O. The number of benzene rings is 2. The number of aliphatic hydroxyl groups is 3. The van der Waals surface area contributed by atoms with Crippen molar-refractivity contribution >= 4 is 24.1 Å². The van der Waals surface area contributed by atoms with Gasteiger partial charge in [-0.3, -0.25) is 19.4 Å². The van der Waals surface area contributed by atoms with Crippen LogP contribution in [0.5, 0.6) is 17.2 Å². The van der Waals surface area contributed by atoms with Crippen molar-refractivity contribution in [3.8, 4) is 17.2 Å². The molecule has 0 aromatic heterocycles. The molecular formula is C28H29NO11. The first-order chi connectivity index (χ1) is 19.0.